The Morgan fingerprint density at radius 2 is 1.91 bits per heavy atom. The third-order valence-corrected chi connectivity index (χ3v) is 3.69. The maximum absolute atomic E-state index is 12.2. The normalized spacial score (nSPS) is 10.5. The molecule has 1 aromatic heterocycles. The highest BCUT2D eigenvalue weighted by Crippen LogP contribution is 2.25. The third kappa shape index (κ3) is 3.88. The lowest BCUT2D eigenvalue weighted by molar-refractivity contribution is 0.102. The zero-order valence-electron chi connectivity index (χ0n) is 11.9. The summed E-state index contributed by atoms with van der Waals surface area (Å²) >= 11 is 11.9. The zero-order chi connectivity index (χ0) is 16.2. The van der Waals surface area contributed by atoms with Gasteiger partial charge in [-0.1, -0.05) is 58.7 Å². The van der Waals surface area contributed by atoms with E-state index in [0.717, 1.165) is 5.56 Å². The van der Waals surface area contributed by atoms with Gasteiger partial charge in [0.25, 0.3) is 5.91 Å². The molecule has 5 nitrogen and oxygen atoms in total. The molecule has 0 saturated heterocycles. The van der Waals surface area contributed by atoms with E-state index in [-0.39, 0.29) is 11.6 Å². The predicted molar refractivity (Wildman–Crippen MR) is 90.0 cm³/mol. The lowest BCUT2D eigenvalue weighted by Crippen LogP contribution is -2.12. The van der Waals surface area contributed by atoms with Crippen molar-refractivity contribution in [1.82, 2.24) is 15.0 Å². The van der Waals surface area contributed by atoms with E-state index in [1.165, 1.54) is 0 Å². The van der Waals surface area contributed by atoms with Gasteiger partial charge >= 0.3 is 0 Å². The van der Waals surface area contributed by atoms with E-state index in [9.17, 15) is 4.79 Å². The van der Waals surface area contributed by atoms with Gasteiger partial charge in [-0.25, -0.2) is 4.68 Å². The van der Waals surface area contributed by atoms with Crippen LogP contribution in [0.25, 0.3) is 0 Å². The van der Waals surface area contributed by atoms with Gasteiger partial charge in [0, 0.05) is 5.02 Å². The molecular formula is C16H12Cl2N4O. The van der Waals surface area contributed by atoms with Gasteiger partial charge in [0.15, 0.2) is 5.69 Å². The van der Waals surface area contributed by atoms with E-state index in [4.69, 9.17) is 23.2 Å². The fourth-order valence-corrected chi connectivity index (χ4v) is 2.48. The molecule has 1 heterocycles. The van der Waals surface area contributed by atoms with Crippen LogP contribution in [0.4, 0.5) is 5.69 Å². The molecule has 2 aromatic carbocycles. The van der Waals surface area contributed by atoms with Crippen LogP contribution in [0.1, 0.15) is 16.1 Å². The van der Waals surface area contributed by atoms with E-state index in [0.29, 0.717) is 22.3 Å². The SMILES string of the molecule is O=C(Nc1ccc(Cl)cc1Cl)c1cn(Cc2ccccc2)nn1. The molecule has 116 valence electrons. The molecule has 1 amide bonds. The van der Waals surface area contributed by atoms with Crippen molar-refractivity contribution in [2.45, 2.75) is 6.54 Å². The highest BCUT2D eigenvalue weighted by atomic mass is 35.5. The lowest BCUT2D eigenvalue weighted by Gasteiger charge is -2.05. The minimum absolute atomic E-state index is 0.215. The van der Waals surface area contributed by atoms with Gasteiger partial charge < -0.3 is 5.32 Å². The minimum Gasteiger partial charge on any atom is -0.319 e. The number of rotatable bonds is 4. The van der Waals surface area contributed by atoms with E-state index >= 15 is 0 Å². The van der Waals surface area contributed by atoms with Crippen molar-refractivity contribution in [3.8, 4) is 0 Å². The van der Waals surface area contributed by atoms with E-state index in [2.05, 4.69) is 15.6 Å². The monoisotopic (exact) mass is 346 g/mol. The molecule has 0 radical (unpaired) electrons. The average molecular weight is 347 g/mol. The van der Waals surface area contributed by atoms with Crippen molar-refractivity contribution in [2.75, 3.05) is 5.32 Å². The minimum atomic E-state index is -0.381. The summed E-state index contributed by atoms with van der Waals surface area (Å²) < 4.78 is 1.60. The van der Waals surface area contributed by atoms with Crippen molar-refractivity contribution in [1.29, 1.82) is 0 Å². The summed E-state index contributed by atoms with van der Waals surface area (Å²) in [7, 11) is 0. The molecule has 3 rings (SSSR count). The van der Waals surface area contributed by atoms with Crippen LogP contribution in [0, 0.1) is 0 Å². The van der Waals surface area contributed by atoms with Crippen molar-refractivity contribution in [3.63, 3.8) is 0 Å². The number of carbonyl (C=O) groups excluding carboxylic acids is 1. The summed E-state index contributed by atoms with van der Waals surface area (Å²) in [5, 5.41) is 11.4. The molecule has 1 N–H and O–H groups in total. The van der Waals surface area contributed by atoms with E-state index in [1.807, 2.05) is 30.3 Å². The Kier molecular flexibility index (Phi) is 4.60. The predicted octanol–water partition coefficient (Wildman–Crippen LogP) is 3.89. The Morgan fingerprint density at radius 3 is 2.65 bits per heavy atom. The Morgan fingerprint density at radius 1 is 1.13 bits per heavy atom. The summed E-state index contributed by atoms with van der Waals surface area (Å²) in [5.41, 5.74) is 1.76. The van der Waals surface area contributed by atoms with Gasteiger partial charge in [-0.2, -0.15) is 0 Å². The van der Waals surface area contributed by atoms with E-state index < -0.39 is 0 Å². The molecule has 0 aliphatic heterocycles. The molecule has 0 spiro atoms. The molecule has 0 aliphatic rings. The first-order valence-electron chi connectivity index (χ1n) is 6.82. The summed E-state index contributed by atoms with van der Waals surface area (Å²) in [4.78, 5) is 12.2. The second kappa shape index (κ2) is 6.81. The van der Waals surface area contributed by atoms with Crippen LogP contribution in [0.2, 0.25) is 10.0 Å². The molecule has 0 bridgehead atoms. The van der Waals surface area contributed by atoms with Crippen molar-refractivity contribution >= 4 is 34.8 Å². The van der Waals surface area contributed by atoms with Gasteiger partial charge in [-0.05, 0) is 23.8 Å². The fraction of sp³-hybridized carbons (Fsp3) is 0.0625. The van der Waals surface area contributed by atoms with E-state index in [1.54, 1.807) is 29.1 Å². The number of benzene rings is 2. The van der Waals surface area contributed by atoms with Crippen molar-refractivity contribution in [2.24, 2.45) is 0 Å². The second-order valence-corrected chi connectivity index (χ2v) is 5.71. The van der Waals surface area contributed by atoms with Crippen LogP contribution >= 0.6 is 23.2 Å². The molecule has 0 saturated carbocycles. The first-order valence-corrected chi connectivity index (χ1v) is 7.58. The average Bonchev–Trinajstić information content (AvgIpc) is 3.00. The maximum Gasteiger partial charge on any atom is 0.277 e. The van der Waals surface area contributed by atoms with Gasteiger partial charge in [0.05, 0.1) is 23.5 Å². The highest BCUT2D eigenvalue weighted by Gasteiger charge is 2.13. The summed E-state index contributed by atoms with van der Waals surface area (Å²) in [6.07, 6.45) is 1.59. The number of nitrogens with zero attached hydrogens (tertiary/aromatic N) is 3. The summed E-state index contributed by atoms with van der Waals surface area (Å²) in [6.45, 7) is 0.544. The van der Waals surface area contributed by atoms with Crippen LogP contribution in [0.3, 0.4) is 0 Å². The van der Waals surface area contributed by atoms with Gasteiger partial charge in [-0.3, -0.25) is 4.79 Å². The van der Waals surface area contributed by atoms with Crippen LogP contribution in [-0.4, -0.2) is 20.9 Å². The number of carbonyl (C=O) groups is 1. The number of nitrogens with one attached hydrogen (secondary N) is 1. The quantitative estimate of drug-likeness (QED) is 0.779. The summed E-state index contributed by atoms with van der Waals surface area (Å²) in [6, 6.07) is 14.6. The Bertz CT molecular complexity index is 833. The third-order valence-electron chi connectivity index (χ3n) is 3.14. The molecule has 23 heavy (non-hydrogen) atoms. The smallest absolute Gasteiger partial charge is 0.277 e. The number of amides is 1. The van der Waals surface area contributed by atoms with Crippen molar-refractivity contribution in [3.05, 3.63) is 76.0 Å². The Labute approximate surface area is 142 Å². The Balaban J connectivity index is 1.71. The topological polar surface area (TPSA) is 59.8 Å². The fourth-order valence-electron chi connectivity index (χ4n) is 2.03. The highest BCUT2D eigenvalue weighted by molar-refractivity contribution is 6.36. The van der Waals surface area contributed by atoms with Gasteiger partial charge in [0.2, 0.25) is 0 Å². The first-order chi connectivity index (χ1) is 11.1. The van der Waals surface area contributed by atoms with Crippen LogP contribution in [-0.2, 0) is 6.54 Å². The molecule has 0 fully saturated rings. The zero-order valence-corrected chi connectivity index (χ0v) is 13.4. The van der Waals surface area contributed by atoms with Gasteiger partial charge in [-0.15, -0.1) is 5.10 Å². The maximum atomic E-state index is 12.2. The number of aromatic nitrogens is 3. The Hall–Kier alpha value is -2.37. The molecule has 3 aromatic rings. The number of halogens is 2. The van der Waals surface area contributed by atoms with Crippen LogP contribution < -0.4 is 5.32 Å². The summed E-state index contributed by atoms with van der Waals surface area (Å²) in [5.74, 6) is -0.381. The second-order valence-electron chi connectivity index (χ2n) is 4.87. The molecular weight excluding hydrogens is 335 g/mol. The lowest BCUT2D eigenvalue weighted by atomic mass is 10.2. The molecule has 7 heteroatoms. The van der Waals surface area contributed by atoms with Crippen LogP contribution in [0.5, 0.6) is 0 Å². The van der Waals surface area contributed by atoms with Gasteiger partial charge in [0.1, 0.15) is 0 Å². The number of anilines is 1. The molecule has 0 unspecified atom stereocenters. The first kappa shape index (κ1) is 15.5. The molecule has 0 aliphatic carbocycles. The largest absolute Gasteiger partial charge is 0.319 e. The molecule has 0 atom stereocenters. The standard InChI is InChI=1S/C16H12Cl2N4O/c17-12-6-7-14(13(18)8-12)19-16(23)15-10-22(21-20-15)9-11-4-2-1-3-5-11/h1-8,10H,9H2,(H,19,23). The number of hydrogen-bond donors (Lipinski definition) is 1. The van der Waals surface area contributed by atoms with Crippen LogP contribution in [0.15, 0.2) is 54.7 Å². The van der Waals surface area contributed by atoms with Crippen molar-refractivity contribution < 1.29 is 4.79 Å². The number of hydrogen-bond acceptors (Lipinski definition) is 3.